The molecule has 1 aromatic rings. The van der Waals surface area contributed by atoms with Crippen LogP contribution in [0.25, 0.3) is 0 Å². The van der Waals surface area contributed by atoms with E-state index in [-0.39, 0.29) is 12.5 Å². The van der Waals surface area contributed by atoms with E-state index in [1.54, 1.807) is 6.92 Å². The van der Waals surface area contributed by atoms with Gasteiger partial charge in [-0.15, -0.1) is 0 Å². The van der Waals surface area contributed by atoms with Crippen molar-refractivity contribution in [2.45, 2.75) is 19.6 Å². The minimum atomic E-state index is -0.608. The van der Waals surface area contributed by atoms with Crippen LogP contribution in [0.1, 0.15) is 12.5 Å². The normalized spacial score (nSPS) is 11.4. The van der Waals surface area contributed by atoms with Gasteiger partial charge in [0.05, 0.1) is 0 Å². The third-order valence-electron chi connectivity index (χ3n) is 2.19. The van der Waals surface area contributed by atoms with Crippen molar-refractivity contribution in [3.05, 3.63) is 35.9 Å². The Morgan fingerprint density at radius 1 is 1.29 bits per heavy atom. The number of nitrogens with one attached hydrogen (secondary N) is 2. The first-order valence-electron chi connectivity index (χ1n) is 5.32. The zero-order valence-electron chi connectivity index (χ0n) is 9.90. The lowest BCUT2D eigenvalue weighted by Gasteiger charge is -2.12. The third-order valence-corrected chi connectivity index (χ3v) is 2.19. The second kappa shape index (κ2) is 6.52. The molecule has 5 nitrogen and oxygen atoms in total. The molecule has 92 valence electrons. The van der Waals surface area contributed by atoms with Crippen molar-refractivity contribution in [2.75, 3.05) is 7.05 Å². The number of carbonyl (C=O) groups is 2. The topological polar surface area (TPSA) is 67.4 Å². The van der Waals surface area contributed by atoms with Gasteiger partial charge in [0.1, 0.15) is 12.6 Å². The van der Waals surface area contributed by atoms with Gasteiger partial charge < -0.3 is 15.4 Å². The van der Waals surface area contributed by atoms with Gasteiger partial charge in [-0.2, -0.15) is 0 Å². The highest BCUT2D eigenvalue weighted by atomic mass is 16.5. The monoisotopic (exact) mass is 236 g/mol. The summed E-state index contributed by atoms with van der Waals surface area (Å²) in [4.78, 5) is 22.5. The van der Waals surface area contributed by atoms with Crippen LogP contribution >= 0.6 is 0 Å². The summed E-state index contributed by atoms with van der Waals surface area (Å²) in [6.07, 6.45) is -0.607. The summed E-state index contributed by atoms with van der Waals surface area (Å²) in [6.45, 7) is 1.77. The molecule has 0 aliphatic carbocycles. The largest absolute Gasteiger partial charge is 0.445 e. The summed E-state index contributed by atoms with van der Waals surface area (Å²) in [5.41, 5.74) is 0.898. The summed E-state index contributed by atoms with van der Waals surface area (Å²) >= 11 is 0. The molecule has 1 atom stereocenters. The number of benzene rings is 1. The van der Waals surface area contributed by atoms with Gasteiger partial charge in [0.2, 0.25) is 5.91 Å². The van der Waals surface area contributed by atoms with E-state index in [4.69, 9.17) is 4.74 Å². The van der Waals surface area contributed by atoms with Crippen molar-refractivity contribution in [3.8, 4) is 0 Å². The average Bonchev–Trinajstić information content (AvgIpc) is 2.36. The number of hydrogen-bond donors (Lipinski definition) is 2. The van der Waals surface area contributed by atoms with Crippen LogP contribution in [0, 0.1) is 0 Å². The van der Waals surface area contributed by atoms with Gasteiger partial charge in [0, 0.05) is 7.05 Å². The van der Waals surface area contributed by atoms with Gasteiger partial charge in [-0.3, -0.25) is 4.79 Å². The Bertz CT molecular complexity index is 379. The first-order chi connectivity index (χ1) is 8.13. The molecule has 0 spiro atoms. The molecular formula is C12H16N2O3. The third kappa shape index (κ3) is 4.55. The molecule has 5 heteroatoms. The van der Waals surface area contributed by atoms with Crippen molar-refractivity contribution in [1.82, 2.24) is 10.6 Å². The van der Waals surface area contributed by atoms with Crippen molar-refractivity contribution < 1.29 is 14.3 Å². The maximum atomic E-state index is 11.3. The van der Waals surface area contributed by atoms with Crippen LogP contribution in [0.5, 0.6) is 0 Å². The maximum absolute atomic E-state index is 11.3. The lowest BCUT2D eigenvalue weighted by Crippen LogP contribution is -2.43. The van der Waals surface area contributed by atoms with E-state index >= 15 is 0 Å². The molecule has 0 aliphatic heterocycles. The summed E-state index contributed by atoms with van der Waals surface area (Å²) < 4.78 is 4.96. The van der Waals surface area contributed by atoms with E-state index in [0.717, 1.165) is 5.56 Å². The molecule has 1 aromatic carbocycles. The van der Waals surface area contributed by atoms with Crippen molar-refractivity contribution in [1.29, 1.82) is 0 Å². The SMILES string of the molecule is CNC(=O)C(C)NC(=O)OCc1ccccc1. The zero-order valence-corrected chi connectivity index (χ0v) is 9.90. The molecule has 0 aromatic heterocycles. The number of likely N-dealkylation sites (N-methyl/N-ethyl adjacent to an activating group) is 1. The molecule has 1 rings (SSSR count). The molecule has 1 unspecified atom stereocenters. The predicted molar refractivity (Wildman–Crippen MR) is 63.3 cm³/mol. The minimum absolute atomic E-state index is 0.188. The Kier molecular flexibility index (Phi) is 5.00. The quantitative estimate of drug-likeness (QED) is 0.821. The Morgan fingerprint density at radius 2 is 1.94 bits per heavy atom. The van der Waals surface area contributed by atoms with Crippen LogP contribution in [0.4, 0.5) is 4.79 Å². The number of carbonyl (C=O) groups excluding carboxylic acids is 2. The summed E-state index contributed by atoms with van der Waals surface area (Å²) in [7, 11) is 1.51. The van der Waals surface area contributed by atoms with Crippen LogP contribution in [0.2, 0.25) is 0 Å². The minimum Gasteiger partial charge on any atom is -0.445 e. The molecule has 2 amide bonds. The van der Waals surface area contributed by atoms with Crippen LogP contribution in [-0.4, -0.2) is 25.1 Å². The van der Waals surface area contributed by atoms with Gasteiger partial charge >= 0.3 is 6.09 Å². The first kappa shape index (κ1) is 13.0. The highest BCUT2D eigenvalue weighted by Gasteiger charge is 2.14. The van der Waals surface area contributed by atoms with Gasteiger partial charge in [-0.05, 0) is 12.5 Å². The second-order valence-corrected chi connectivity index (χ2v) is 3.54. The standard InChI is InChI=1S/C12H16N2O3/c1-9(11(15)13-2)14-12(16)17-8-10-6-4-3-5-7-10/h3-7,9H,8H2,1-2H3,(H,13,15)(H,14,16). The fourth-order valence-electron chi connectivity index (χ4n) is 1.22. The molecular weight excluding hydrogens is 220 g/mol. The number of alkyl carbamates (subject to hydrolysis) is 1. The van der Waals surface area contributed by atoms with E-state index in [1.165, 1.54) is 7.05 Å². The highest BCUT2D eigenvalue weighted by Crippen LogP contribution is 2.00. The fraction of sp³-hybridized carbons (Fsp3) is 0.333. The van der Waals surface area contributed by atoms with Crippen molar-refractivity contribution in [3.63, 3.8) is 0 Å². The summed E-state index contributed by atoms with van der Waals surface area (Å²) in [5.74, 6) is -0.262. The molecule has 2 N–H and O–H groups in total. The number of rotatable bonds is 4. The van der Waals surface area contributed by atoms with Gasteiger partial charge in [-0.1, -0.05) is 30.3 Å². The van der Waals surface area contributed by atoms with Crippen LogP contribution in [-0.2, 0) is 16.1 Å². The molecule has 0 saturated heterocycles. The lowest BCUT2D eigenvalue weighted by molar-refractivity contribution is -0.122. The fourth-order valence-corrected chi connectivity index (χ4v) is 1.22. The van der Waals surface area contributed by atoms with E-state index < -0.39 is 12.1 Å². The maximum Gasteiger partial charge on any atom is 0.408 e. The van der Waals surface area contributed by atoms with Gasteiger partial charge in [0.15, 0.2) is 0 Å². The highest BCUT2D eigenvalue weighted by molar-refractivity contribution is 5.84. The van der Waals surface area contributed by atoms with Crippen LogP contribution < -0.4 is 10.6 Å². The summed E-state index contributed by atoms with van der Waals surface area (Å²) in [6, 6.07) is 8.72. The van der Waals surface area contributed by atoms with Crippen LogP contribution in [0.3, 0.4) is 0 Å². The first-order valence-corrected chi connectivity index (χ1v) is 5.32. The molecule has 17 heavy (non-hydrogen) atoms. The van der Waals surface area contributed by atoms with E-state index in [1.807, 2.05) is 30.3 Å². The number of amides is 2. The van der Waals surface area contributed by atoms with Gasteiger partial charge in [-0.25, -0.2) is 4.79 Å². The Balaban J connectivity index is 2.33. The second-order valence-electron chi connectivity index (χ2n) is 3.54. The van der Waals surface area contributed by atoms with E-state index in [0.29, 0.717) is 0 Å². The number of ether oxygens (including phenoxy) is 1. The van der Waals surface area contributed by atoms with Crippen molar-refractivity contribution >= 4 is 12.0 Å². The van der Waals surface area contributed by atoms with Gasteiger partial charge in [0.25, 0.3) is 0 Å². The molecule has 0 aliphatic rings. The molecule has 0 saturated carbocycles. The van der Waals surface area contributed by atoms with E-state index in [9.17, 15) is 9.59 Å². The molecule has 0 heterocycles. The molecule has 0 fully saturated rings. The zero-order chi connectivity index (χ0) is 12.7. The Morgan fingerprint density at radius 3 is 2.53 bits per heavy atom. The average molecular weight is 236 g/mol. The van der Waals surface area contributed by atoms with E-state index in [2.05, 4.69) is 10.6 Å². The van der Waals surface area contributed by atoms with Crippen LogP contribution in [0.15, 0.2) is 30.3 Å². The smallest absolute Gasteiger partial charge is 0.408 e. The summed E-state index contributed by atoms with van der Waals surface area (Å²) in [5, 5.41) is 4.86. The van der Waals surface area contributed by atoms with Crippen molar-refractivity contribution in [2.24, 2.45) is 0 Å². The lowest BCUT2D eigenvalue weighted by atomic mass is 10.2. The molecule has 0 radical (unpaired) electrons. The Labute approximate surface area is 100 Å². The Hall–Kier alpha value is -2.04. The predicted octanol–water partition coefficient (Wildman–Crippen LogP) is 1.05. The number of hydrogen-bond acceptors (Lipinski definition) is 3. The molecule has 0 bridgehead atoms.